The highest BCUT2D eigenvalue weighted by atomic mass is 28.4. The van der Waals surface area contributed by atoms with Gasteiger partial charge in [-0.15, -0.1) is 0 Å². The third-order valence-electron chi connectivity index (χ3n) is 2.28. The number of hydrogen-bond donors (Lipinski definition) is 1. The van der Waals surface area contributed by atoms with E-state index in [1.54, 1.807) is 0 Å². The number of fused-ring (bicyclic) bond motifs is 1. The summed E-state index contributed by atoms with van der Waals surface area (Å²) < 4.78 is 6.05. The van der Waals surface area contributed by atoms with E-state index in [2.05, 4.69) is 25.7 Å². The minimum absolute atomic E-state index is 0.777. The van der Waals surface area contributed by atoms with E-state index < -0.39 is 8.32 Å². The van der Waals surface area contributed by atoms with E-state index in [1.807, 2.05) is 30.3 Å². The van der Waals surface area contributed by atoms with Gasteiger partial charge in [0.1, 0.15) is 5.75 Å². The van der Waals surface area contributed by atoms with Gasteiger partial charge >= 0.3 is 0 Å². The predicted molar refractivity (Wildman–Crippen MR) is 72.3 cm³/mol. The first-order chi connectivity index (χ1) is 7.46. The Kier molecular flexibility index (Phi) is 2.64. The summed E-state index contributed by atoms with van der Waals surface area (Å²) in [6.07, 6.45) is 0. The van der Waals surface area contributed by atoms with Gasteiger partial charge in [0.15, 0.2) is 0 Å². The van der Waals surface area contributed by atoms with Crippen LogP contribution in [-0.4, -0.2) is 8.32 Å². The Hall–Kier alpha value is -1.48. The largest absolute Gasteiger partial charge is 0.544 e. The molecule has 0 unspecified atom stereocenters. The Morgan fingerprint density at radius 1 is 1.06 bits per heavy atom. The van der Waals surface area contributed by atoms with Crippen molar-refractivity contribution >= 4 is 24.8 Å². The summed E-state index contributed by atoms with van der Waals surface area (Å²) in [6.45, 7) is 6.54. The number of rotatable bonds is 2. The average molecular weight is 231 g/mol. The van der Waals surface area contributed by atoms with E-state index in [0.717, 1.165) is 16.8 Å². The zero-order valence-corrected chi connectivity index (χ0v) is 10.9. The molecule has 0 aliphatic heterocycles. The first-order valence-corrected chi connectivity index (χ1v) is 8.84. The third kappa shape index (κ3) is 2.36. The molecule has 2 nitrogen and oxygen atoms in total. The molecule has 0 atom stereocenters. The van der Waals surface area contributed by atoms with Gasteiger partial charge in [0.25, 0.3) is 0 Å². The van der Waals surface area contributed by atoms with Gasteiger partial charge in [0.2, 0.25) is 8.32 Å². The maximum absolute atomic E-state index is 6.05. The summed E-state index contributed by atoms with van der Waals surface area (Å²) in [4.78, 5) is 0. The van der Waals surface area contributed by atoms with Gasteiger partial charge in [-0.3, -0.25) is 0 Å². The van der Waals surface area contributed by atoms with Crippen LogP contribution in [-0.2, 0) is 0 Å². The molecule has 2 aromatic rings. The second-order valence-electron chi connectivity index (χ2n) is 4.95. The summed E-state index contributed by atoms with van der Waals surface area (Å²) in [5.41, 5.74) is 6.59. The van der Waals surface area contributed by atoms with Gasteiger partial charge in [0.05, 0.1) is 0 Å². The summed E-state index contributed by atoms with van der Waals surface area (Å²) in [7, 11) is -1.57. The monoisotopic (exact) mass is 231 g/mol. The Bertz CT molecular complexity index is 517. The summed E-state index contributed by atoms with van der Waals surface area (Å²) in [5, 5.41) is 2.27. The highest BCUT2D eigenvalue weighted by molar-refractivity contribution is 6.70. The van der Waals surface area contributed by atoms with Crippen molar-refractivity contribution in [2.45, 2.75) is 19.6 Å². The fourth-order valence-corrected chi connectivity index (χ4v) is 2.52. The van der Waals surface area contributed by atoms with Crippen LogP contribution in [0.5, 0.6) is 5.75 Å². The molecule has 0 amide bonds. The van der Waals surface area contributed by atoms with Crippen molar-refractivity contribution in [3.63, 3.8) is 0 Å². The molecular weight excluding hydrogens is 214 g/mol. The number of nitrogens with two attached hydrogens (primary N) is 1. The average Bonchev–Trinajstić information content (AvgIpc) is 2.17. The lowest BCUT2D eigenvalue weighted by molar-refractivity contribution is 0.564. The van der Waals surface area contributed by atoms with Crippen LogP contribution in [0.2, 0.25) is 19.6 Å². The molecule has 0 radical (unpaired) electrons. The van der Waals surface area contributed by atoms with E-state index in [0.29, 0.717) is 0 Å². The standard InChI is InChI=1S/C13H17NOSi/c1-16(2,3)15-13-6-4-5-10-7-8-11(14)9-12(10)13/h4-9H,14H2,1-3H3. The Balaban J connectivity index is 2.56. The molecule has 0 aliphatic rings. The lowest BCUT2D eigenvalue weighted by Crippen LogP contribution is -2.29. The van der Waals surface area contributed by atoms with E-state index in [1.165, 1.54) is 5.39 Å². The van der Waals surface area contributed by atoms with Crippen molar-refractivity contribution < 1.29 is 4.43 Å². The summed E-state index contributed by atoms with van der Waals surface area (Å²) in [6, 6.07) is 12.0. The van der Waals surface area contributed by atoms with E-state index in [9.17, 15) is 0 Å². The van der Waals surface area contributed by atoms with E-state index in [-0.39, 0.29) is 0 Å². The van der Waals surface area contributed by atoms with Crippen LogP contribution < -0.4 is 10.2 Å². The third-order valence-corrected chi connectivity index (χ3v) is 3.11. The fraction of sp³-hybridized carbons (Fsp3) is 0.231. The molecule has 0 saturated heterocycles. The van der Waals surface area contributed by atoms with Crippen LogP contribution in [0.4, 0.5) is 5.69 Å². The van der Waals surface area contributed by atoms with Crippen molar-refractivity contribution in [2.75, 3.05) is 5.73 Å². The zero-order chi connectivity index (χ0) is 11.8. The van der Waals surface area contributed by atoms with Crippen molar-refractivity contribution in [1.82, 2.24) is 0 Å². The molecule has 16 heavy (non-hydrogen) atoms. The molecule has 2 aromatic carbocycles. The van der Waals surface area contributed by atoms with Crippen LogP contribution >= 0.6 is 0 Å². The zero-order valence-electron chi connectivity index (χ0n) is 9.95. The minimum Gasteiger partial charge on any atom is -0.544 e. The topological polar surface area (TPSA) is 35.2 Å². The quantitative estimate of drug-likeness (QED) is 0.632. The van der Waals surface area contributed by atoms with E-state index in [4.69, 9.17) is 10.2 Å². The SMILES string of the molecule is C[Si](C)(C)Oc1cccc2ccc(N)cc12. The Morgan fingerprint density at radius 3 is 2.50 bits per heavy atom. The van der Waals surface area contributed by atoms with Gasteiger partial charge in [-0.1, -0.05) is 18.2 Å². The number of hydrogen-bond acceptors (Lipinski definition) is 2. The van der Waals surface area contributed by atoms with Crippen LogP contribution in [0.15, 0.2) is 36.4 Å². The van der Waals surface area contributed by atoms with Crippen LogP contribution in [0.1, 0.15) is 0 Å². The smallest absolute Gasteiger partial charge is 0.242 e. The molecule has 0 spiro atoms. The molecular formula is C13H17NOSi. The number of benzene rings is 2. The van der Waals surface area contributed by atoms with Crippen molar-refractivity contribution in [3.8, 4) is 5.75 Å². The first kappa shape index (κ1) is 11.0. The van der Waals surface area contributed by atoms with Crippen molar-refractivity contribution in [1.29, 1.82) is 0 Å². The molecule has 0 saturated carbocycles. The van der Waals surface area contributed by atoms with Gasteiger partial charge in [0, 0.05) is 11.1 Å². The maximum atomic E-state index is 6.05. The maximum Gasteiger partial charge on any atom is 0.242 e. The molecule has 84 valence electrons. The summed E-state index contributed by atoms with van der Waals surface area (Å²) >= 11 is 0. The van der Waals surface area contributed by atoms with Crippen molar-refractivity contribution in [3.05, 3.63) is 36.4 Å². The second kappa shape index (κ2) is 3.83. The number of anilines is 1. The predicted octanol–water partition coefficient (Wildman–Crippen LogP) is 3.64. The summed E-state index contributed by atoms with van der Waals surface area (Å²) in [5.74, 6) is 0.948. The first-order valence-electron chi connectivity index (χ1n) is 5.43. The highest BCUT2D eigenvalue weighted by Gasteiger charge is 2.17. The Labute approximate surface area is 97.2 Å². The highest BCUT2D eigenvalue weighted by Crippen LogP contribution is 2.29. The van der Waals surface area contributed by atoms with Gasteiger partial charge < -0.3 is 10.2 Å². The molecule has 0 fully saturated rings. The van der Waals surface area contributed by atoms with E-state index >= 15 is 0 Å². The molecule has 2 rings (SSSR count). The molecule has 2 N–H and O–H groups in total. The normalized spacial score (nSPS) is 11.7. The lowest BCUT2D eigenvalue weighted by Gasteiger charge is -2.20. The second-order valence-corrected chi connectivity index (χ2v) is 9.38. The van der Waals surface area contributed by atoms with Crippen LogP contribution in [0.3, 0.4) is 0 Å². The number of nitrogen functional groups attached to an aromatic ring is 1. The van der Waals surface area contributed by atoms with Crippen molar-refractivity contribution in [2.24, 2.45) is 0 Å². The molecule has 0 heterocycles. The molecule has 0 aromatic heterocycles. The van der Waals surface area contributed by atoms with Crippen LogP contribution in [0.25, 0.3) is 10.8 Å². The fourth-order valence-electron chi connectivity index (χ4n) is 1.68. The molecule has 0 bridgehead atoms. The van der Waals surface area contributed by atoms with Gasteiger partial charge in [-0.25, -0.2) is 0 Å². The Morgan fingerprint density at radius 2 is 1.81 bits per heavy atom. The molecule has 3 heteroatoms. The van der Waals surface area contributed by atoms with Crippen LogP contribution in [0, 0.1) is 0 Å². The van der Waals surface area contributed by atoms with Gasteiger partial charge in [-0.2, -0.15) is 0 Å². The molecule has 0 aliphatic carbocycles. The lowest BCUT2D eigenvalue weighted by atomic mass is 10.1. The minimum atomic E-state index is -1.57. The van der Waals surface area contributed by atoms with Gasteiger partial charge in [-0.05, 0) is 43.2 Å².